The first kappa shape index (κ1) is 21.4. The van der Waals surface area contributed by atoms with Crippen LogP contribution in [0.15, 0.2) is 58.2 Å². The fourth-order valence-corrected chi connectivity index (χ4v) is 3.24. The Morgan fingerprint density at radius 3 is 2.50 bits per heavy atom. The first-order valence-corrected chi connectivity index (χ1v) is 9.74. The second-order valence-electron chi connectivity index (χ2n) is 6.19. The topological polar surface area (TPSA) is 87.0 Å². The van der Waals surface area contributed by atoms with Crippen LogP contribution in [0.4, 0.5) is 0 Å². The van der Waals surface area contributed by atoms with Gasteiger partial charge in [0.15, 0.2) is 17.2 Å². The summed E-state index contributed by atoms with van der Waals surface area (Å²) in [6, 6.07) is 13.0. The summed E-state index contributed by atoms with van der Waals surface area (Å²) in [5, 5.41) is 8.29. The third kappa shape index (κ3) is 5.18. The number of rotatable bonds is 8. The first-order valence-electron chi connectivity index (χ1n) is 8.95. The van der Waals surface area contributed by atoms with Gasteiger partial charge in [-0.2, -0.15) is 10.2 Å². The molecule has 3 aromatic rings. The lowest BCUT2D eigenvalue weighted by atomic mass is 10.2. The lowest BCUT2D eigenvalue weighted by Gasteiger charge is -2.12. The number of hydrazone groups is 1. The second-order valence-corrected chi connectivity index (χ2v) is 7.10. The number of hydrogen-bond donors (Lipinski definition) is 1. The van der Waals surface area contributed by atoms with Crippen molar-refractivity contribution in [3.05, 3.63) is 70.0 Å². The van der Waals surface area contributed by atoms with Gasteiger partial charge in [0, 0.05) is 16.2 Å². The van der Waals surface area contributed by atoms with Crippen LogP contribution in [0, 0.1) is 0 Å². The molecule has 1 aromatic heterocycles. The molecule has 30 heavy (non-hydrogen) atoms. The summed E-state index contributed by atoms with van der Waals surface area (Å²) in [6.45, 7) is 0.557. The van der Waals surface area contributed by atoms with E-state index in [9.17, 15) is 4.79 Å². The highest BCUT2D eigenvalue weighted by atomic mass is 79.9. The molecule has 0 aliphatic rings. The zero-order chi connectivity index (χ0) is 21.5. The van der Waals surface area contributed by atoms with E-state index in [1.165, 1.54) is 27.5 Å². The standard InChI is InChI=1S/C21H21BrN4O4/c1-28-18-10-15(11-19(29-2)20(18)30-3)12-23-24-21(27)17-7-8-26(25-17)13-14-5-4-6-16(22)9-14/h4-12H,13H2,1-3H3,(H,24,27)/b23-12+. The number of methoxy groups -OCH3 is 3. The van der Waals surface area contributed by atoms with Crippen LogP contribution in [-0.4, -0.2) is 43.2 Å². The molecule has 1 N–H and O–H groups in total. The van der Waals surface area contributed by atoms with E-state index in [1.807, 2.05) is 24.3 Å². The second kappa shape index (κ2) is 9.93. The van der Waals surface area contributed by atoms with Gasteiger partial charge < -0.3 is 14.2 Å². The van der Waals surface area contributed by atoms with Gasteiger partial charge in [-0.25, -0.2) is 5.43 Å². The maximum atomic E-state index is 12.3. The van der Waals surface area contributed by atoms with Crippen LogP contribution in [0.2, 0.25) is 0 Å². The number of carbonyl (C=O) groups is 1. The van der Waals surface area contributed by atoms with Gasteiger partial charge in [0.2, 0.25) is 5.75 Å². The molecular weight excluding hydrogens is 452 g/mol. The monoisotopic (exact) mass is 472 g/mol. The predicted molar refractivity (Wildman–Crippen MR) is 117 cm³/mol. The van der Waals surface area contributed by atoms with Gasteiger partial charge >= 0.3 is 0 Å². The molecule has 0 unspecified atom stereocenters. The van der Waals surface area contributed by atoms with Crippen molar-refractivity contribution >= 4 is 28.1 Å². The molecule has 8 nitrogen and oxygen atoms in total. The Balaban J connectivity index is 1.66. The molecule has 0 bridgehead atoms. The van der Waals surface area contributed by atoms with E-state index in [1.54, 1.807) is 29.1 Å². The van der Waals surface area contributed by atoms with E-state index in [0.717, 1.165) is 10.0 Å². The normalized spacial score (nSPS) is 10.8. The Morgan fingerprint density at radius 1 is 1.13 bits per heavy atom. The maximum Gasteiger partial charge on any atom is 0.291 e. The largest absolute Gasteiger partial charge is 0.493 e. The number of amides is 1. The molecule has 2 aromatic carbocycles. The quantitative estimate of drug-likeness (QED) is 0.400. The smallest absolute Gasteiger partial charge is 0.291 e. The Morgan fingerprint density at radius 2 is 1.87 bits per heavy atom. The molecular formula is C21H21BrN4O4. The van der Waals surface area contributed by atoms with E-state index in [4.69, 9.17) is 14.2 Å². The van der Waals surface area contributed by atoms with E-state index >= 15 is 0 Å². The van der Waals surface area contributed by atoms with E-state index in [0.29, 0.717) is 29.4 Å². The number of nitrogens with one attached hydrogen (secondary N) is 1. The Bertz CT molecular complexity index is 1040. The van der Waals surface area contributed by atoms with Crippen LogP contribution in [0.5, 0.6) is 17.2 Å². The average Bonchev–Trinajstić information content (AvgIpc) is 3.21. The van der Waals surface area contributed by atoms with Gasteiger partial charge in [-0.3, -0.25) is 9.48 Å². The summed E-state index contributed by atoms with van der Waals surface area (Å²) >= 11 is 3.45. The van der Waals surface area contributed by atoms with E-state index in [2.05, 4.69) is 31.6 Å². The molecule has 0 saturated heterocycles. The lowest BCUT2D eigenvalue weighted by Crippen LogP contribution is -2.18. The lowest BCUT2D eigenvalue weighted by molar-refractivity contribution is 0.0949. The number of benzene rings is 2. The molecule has 0 saturated carbocycles. The third-order valence-corrected chi connectivity index (χ3v) is 4.67. The number of hydrogen-bond acceptors (Lipinski definition) is 6. The number of ether oxygens (including phenoxy) is 3. The highest BCUT2D eigenvalue weighted by Gasteiger charge is 2.13. The summed E-state index contributed by atoms with van der Waals surface area (Å²) in [5.41, 5.74) is 4.48. The minimum Gasteiger partial charge on any atom is -0.493 e. The molecule has 0 aliphatic heterocycles. The van der Waals surface area contributed by atoms with Crippen LogP contribution >= 0.6 is 15.9 Å². The molecule has 3 rings (SSSR count). The van der Waals surface area contributed by atoms with Gasteiger partial charge in [-0.15, -0.1) is 0 Å². The van der Waals surface area contributed by atoms with Crippen molar-refractivity contribution in [1.82, 2.24) is 15.2 Å². The summed E-state index contributed by atoms with van der Waals surface area (Å²) in [7, 11) is 4.60. The number of nitrogens with zero attached hydrogens (tertiary/aromatic N) is 3. The Hall–Kier alpha value is -3.33. The third-order valence-electron chi connectivity index (χ3n) is 4.17. The predicted octanol–water partition coefficient (Wildman–Crippen LogP) is 3.48. The zero-order valence-corrected chi connectivity index (χ0v) is 18.3. The molecule has 0 aliphatic carbocycles. The van der Waals surface area contributed by atoms with Gasteiger partial charge in [-0.05, 0) is 35.9 Å². The van der Waals surface area contributed by atoms with Crippen LogP contribution in [0.25, 0.3) is 0 Å². The zero-order valence-electron chi connectivity index (χ0n) is 16.8. The van der Waals surface area contributed by atoms with E-state index in [-0.39, 0.29) is 5.69 Å². The van der Waals surface area contributed by atoms with Crippen molar-refractivity contribution in [1.29, 1.82) is 0 Å². The molecule has 156 valence electrons. The van der Waals surface area contributed by atoms with Crippen molar-refractivity contribution in [3.63, 3.8) is 0 Å². The molecule has 1 heterocycles. The minimum absolute atomic E-state index is 0.270. The van der Waals surface area contributed by atoms with Crippen LogP contribution in [0.1, 0.15) is 21.6 Å². The summed E-state index contributed by atoms with van der Waals surface area (Å²) < 4.78 is 18.6. The average molecular weight is 473 g/mol. The number of aromatic nitrogens is 2. The number of carbonyl (C=O) groups excluding carboxylic acids is 1. The van der Waals surface area contributed by atoms with Crippen molar-refractivity contribution in [2.75, 3.05) is 21.3 Å². The van der Waals surface area contributed by atoms with Crippen molar-refractivity contribution < 1.29 is 19.0 Å². The fourth-order valence-electron chi connectivity index (χ4n) is 2.79. The minimum atomic E-state index is -0.410. The van der Waals surface area contributed by atoms with E-state index < -0.39 is 5.91 Å². The summed E-state index contributed by atoms with van der Waals surface area (Å²) in [5.74, 6) is 1.07. The van der Waals surface area contributed by atoms with Gasteiger partial charge in [-0.1, -0.05) is 28.1 Å². The highest BCUT2D eigenvalue weighted by Crippen LogP contribution is 2.37. The van der Waals surface area contributed by atoms with Crippen molar-refractivity contribution in [2.45, 2.75) is 6.54 Å². The molecule has 0 fully saturated rings. The first-order chi connectivity index (χ1) is 14.5. The summed E-state index contributed by atoms with van der Waals surface area (Å²) in [6.07, 6.45) is 3.24. The Kier molecular flexibility index (Phi) is 7.08. The summed E-state index contributed by atoms with van der Waals surface area (Å²) in [4.78, 5) is 12.3. The van der Waals surface area contributed by atoms with Crippen LogP contribution in [0.3, 0.4) is 0 Å². The molecule has 0 spiro atoms. The molecule has 1 amide bonds. The maximum absolute atomic E-state index is 12.3. The molecule has 0 atom stereocenters. The van der Waals surface area contributed by atoms with Crippen LogP contribution in [-0.2, 0) is 6.54 Å². The SMILES string of the molecule is COc1cc(/C=N/NC(=O)c2ccn(Cc3cccc(Br)c3)n2)cc(OC)c1OC. The van der Waals surface area contributed by atoms with Crippen LogP contribution < -0.4 is 19.6 Å². The highest BCUT2D eigenvalue weighted by molar-refractivity contribution is 9.10. The van der Waals surface area contributed by atoms with Gasteiger partial charge in [0.25, 0.3) is 5.91 Å². The van der Waals surface area contributed by atoms with Gasteiger partial charge in [0.05, 0.1) is 34.1 Å². The molecule has 0 radical (unpaired) electrons. The van der Waals surface area contributed by atoms with Crippen molar-refractivity contribution in [3.8, 4) is 17.2 Å². The van der Waals surface area contributed by atoms with Crippen molar-refractivity contribution in [2.24, 2.45) is 5.10 Å². The fraction of sp³-hybridized carbons (Fsp3) is 0.190. The molecule has 9 heteroatoms. The van der Waals surface area contributed by atoms with Gasteiger partial charge in [0.1, 0.15) is 0 Å². The number of halogens is 1. The Labute approximate surface area is 182 Å².